The Balaban J connectivity index is 0.00000289. The summed E-state index contributed by atoms with van der Waals surface area (Å²) in [6.45, 7) is 1.50. The molecule has 0 amide bonds. The predicted octanol–water partition coefficient (Wildman–Crippen LogP) is 0.0912. The molecule has 0 radical (unpaired) electrons. The SMILES string of the molecule is OCCCCCCCCCC[n+]1ccccc1.[Cl-]. The summed E-state index contributed by atoms with van der Waals surface area (Å²) in [7, 11) is 0. The zero-order valence-electron chi connectivity index (χ0n) is 11.2. The van der Waals surface area contributed by atoms with Gasteiger partial charge in [-0.25, -0.2) is 4.57 Å². The molecule has 0 saturated heterocycles. The number of hydrogen-bond donors (Lipinski definition) is 1. The smallest absolute Gasteiger partial charge is 0.168 e. The topological polar surface area (TPSA) is 24.1 Å². The fourth-order valence-corrected chi connectivity index (χ4v) is 2.05. The number of rotatable bonds is 10. The van der Waals surface area contributed by atoms with Crippen molar-refractivity contribution in [2.45, 2.75) is 57.9 Å². The molecule has 0 saturated carbocycles. The fraction of sp³-hybridized carbons (Fsp3) is 0.667. The Labute approximate surface area is 117 Å². The number of pyridine rings is 1. The second-order valence-corrected chi connectivity index (χ2v) is 4.67. The van der Waals surface area contributed by atoms with Crippen molar-refractivity contribution in [1.29, 1.82) is 0 Å². The second-order valence-electron chi connectivity index (χ2n) is 4.67. The molecule has 18 heavy (non-hydrogen) atoms. The van der Waals surface area contributed by atoms with Gasteiger partial charge in [-0.1, -0.05) is 38.2 Å². The third kappa shape index (κ3) is 9.43. The lowest BCUT2D eigenvalue weighted by atomic mass is 10.1. The molecule has 0 aliphatic rings. The van der Waals surface area contributed by atoms with Crippen LogP contribution in [-0.4, -0.2) is 11.7 Å². The first-order valence-corrected chi connectivity index (χ1v) is 6.98. The zero-order chi connectivity index (χ0) is 12.2. The molecule has 0 bridgehead atoms. The van der Waals surface area contributed by atoms with Gasteiger partial charge in [-0.15, -0.1) is 0 Å². The first kappa shape index (κ1) is 17.4. The van der Waals surface area contributed by atoms with E-state index in [0.717, 1.165) is 13.0 Å². The lowest BCUT2D eigenvalue weighted by Gasteiger charge is -2.00. The highest BCUT2D eigenvalue weighted by Gasteiger charge is 1.97. The van der Waals surface area contributed by atoms with E-state index >= 15 is 0 Å². The highest BCUT2D eigenvalue weighted by molar-refractivity contribution is 4.83. The van der Waals surface area contributed by atoms with Crippen LogP contribution in [0.4, 0.5) is 0 Å². The summed E-state index contributed by atoms with van der Waals surface area (Å²) >= 11 is 0. The molecule has 1 N–H and O–H groups in total. The van der Waals surface area contributed by atoms with Crippen LogP contribution in [0.15, 0.2) is 30.6 Å². The molecule has 1 heterocycles. The Morgan fingerprint density at radius 2 is 1.17 bits per heavy atom. The van der Waals surface area contributed by atoms with Gasteiger partial charge in [0.05, 0.1) is 0 Å². The average molecular weight is 272 g/mol. The van der Waals surface area contributed by atoms with Crippen LogP contribution in [0.1, 0.15) is 51.4 Å². The van der Waals surface area contributed by atoms with Crippen LogP contribution < -0.4 is 17.0 Å². The van der Waals surface area contributed by atoms with Crippen molar-refractivity contribution in [3.63, 3.8) is 0 Å². The first-order chi connectivity index (χ1) is 8.43. The highest BCUT2D eigenvalue weighted by atomic mass is 35.5. The van der Waals surface area contributed by atoms with Gasteiger partial charge in [0.2, 0.25) is 0 Å². The summed E-state index contributed by atoms with van der Waals surface area (Å²) in [4.78, 5) is 0. The third-order valence-electron chi connectivity index (χ3n) is 3.10. The maximum absolute atomic E-state index is 8.64. The number of unbranched alkanes of at least 4 members (excludes halogenated alkanes) is 7. The fourth-order valence-electron chi connectivity index (χ4n) is 2.05. The molecule has 3 heteroatoms. The van der Waals surface area contributed by atoms with Crippen LogP contribution in [0, 0.1) is 0 Å². The Kier molecular flexibility index (Phi) is 12.4. The predicted molar refractivity (Wildman–Crippen MR) is 70.7 cm³/mol. The normalized spacial score (nSPS) is 10.1. The maximum Gasteiger partial charge on any atom is 0.168 e. The number of aryl methyl sites for hydroxylation is 1. The third-order valence-corrected chi connectivity index (χ3v) is 3.10. The summed E-state index contributed by atoms with van der Waals surface area (Å²) in [6.07, 6.45) is 14.4. The van der Waals surface area contributed by atoms with Crippen LogP contribution in [0.3, 0.4) is 0 Å². The van der Waals surface area contributed by atoms with Crippen LogP contribution >= 0.6 is 0 Å². The molecule has 1 aromatic heterocycles. The van der Waals surface area contributed by atoms with E-state index in [4.69, 9.17) is 5.11 Å². The summed E-state index contributed by atoms with van der Waals surface area (Å²) in [5.74, 6) is 0. The van der Waals surface area contributed by atoms with E-state index in [9.17, 15) is 0 Å². The summed E-state index contributed by atoms with van der Waals surface area (Å²) in [5.41, 5.74) is 0. The van der Waals surface area contributed by atoms with Crippen LogP contribution in [0.2, 0.25) is 0 Å². The van der Waals surface area contributed by atoms with E-state index in [-0.39, 0.29) is 12.4 Å². The Hall–Kier alpha value is -0.600. The summed E-state index contributed by atoms with van der Waals surface area (Å²) < 4.78 is 2.25. The van der Waals surface area contributed by atoms with E-state index in [1.165, 1.54) is 44.9 Å². The van der Waals surface area contributed by atoms with Gasteiger partial charge in [0, 0.05) is 25.2 Å². The number of halogens is 1. The maximum atomic E-state index is 8.64. The highest BCUT2D eigenvalue weighted by Crippen LogP contribution is 2.08. The lowest BCUT2D eigenvalue weighted by molar-refractivity contribution is -0.697. The molecule has 1 aromatic rings. The van der Waals surface area contributed by atoms with Crippen molar-refractivity contribution in [2.75, 3.05) is 6.61 Å². The second kappa shape index (κ2) is 12.8. The molecule has 0 fully saturated rings. The number of aromatic nitrogens is 1. The largest absolute Gasteiger partial charge is 1.00 e. The van der Waals surface area contributed by atoms with Crippen LogP contribution in [0.5, 0.6) is 0 Å². The van der Waals surface area contributed by atoms with Crippen LogP contribution in [-0.2, 0) is 6.54 Å². The van der Waals surface area contributed by atoms with Gasteiger partial charge in [0.1, 0.15) is 6.54 Å². The molecule has 0 unspecified atom stereocenters. The minimum absolute atomic E-state index is 0. The number of hydrogen-bond acceptors (Lipinski definition) is 1. The lowest BCUT2D eigenvalue weighted by Crippen LogP contribution is -3.00. The summed E-state index contributed by atoms with van der Waals surface area (Å²) in [5, 5.41) is 8.64. The van der Waals surface area contributed by atoms with Crippen molar-refractivity contribution < 1.29 is 22.1 Å². The van der Waals surface area contributed by atoms with Crippen molar-refractivity contribution in [3.05, 3.63) is 30.6 Å². The van der Waals surface area contributed by atoms with Crippen molar-refractivity contribution in [2.24, 2.45) is 0 Å². The Morgan fingerprint density at radius 3 is 1.72 bits per heavy atom. The van der Waals surface area contributed by atoms with Gasteiger partial charge < -0.3 is 17.5 Å². The number of aliphatic hydroxyl groups excluding tert-OH is 1. The molecule has 0 spiro atoms. The molecule has 1 rings (SSSR count). The molecule has 0 aliphatic heterocycles. The van der Waals surface area contributed by atoms with E-state index in [2.05, 4.69) is 35.2 Å². The molecule has 0 atom stereocenters. The van der Waals surface area contributed by atoms with Gasteiger partial charge in [-0.2, -0.15) is 0 Å². The standard InChI is InChI=1S/C15H26NO.ClH/c17-15-11-6-4-2-1-3-5-8-12-16-13-9-7-10-14-16;/h7,9-10,13-14,17H,1-6,8,11-12,15H2;1H/q+1;/p-1. The molecule has 0 aliphatic carbocycles. The minimum Gasteiger partial charge on any atom is -1.00 e. The van der Waals surface area contributed by atoms with Gasteiger partial charge in [0.25, 0.3) is 0 Å². The Morgan fingerprint density at radius 1 is 0.667 bits per heavy atom. The van der Waals surface area contributed by atoms with Gasteiger partial charge >= 0.3 is 0 Å². The number of aliphatic hydroxyl groups is 1. The molecule has 2 nitrogen and oxygen atoms in total. The van der Waals surface area contributed by atoms with Gasteiger partial charge in [0.15, 0.2) is 12.4 Å². The van der Waals surface area contributed by atoms with Crippen molar-refractivity contribution in [3.8, 4) is 0 Å². The first-order valence-electron chi connectivity index (χ1n) is 6.98. The van der Waals surface area contributed by atoms with E-state index in [1.807, 2.05) is 0 Å². The van der Waals surface area contributed by atoms with E-state index in [1.54, 1.807) is 0 Å². The summed E-state index contributed by atoms with van der Waals surface area (Å²) in [6, 6.07) is 6.23. The van der Waals surface area contributed by atoms with E-state index < -0.39 is 0 Å². The average Bonchev–Trinajstić information content (AvgIpc) is 2.38. The molecule has 104 valence electrons. The van der Waals surface area contributed by atoms with Crippen molar-refractivity contribution >= 4 is 0 Å². The molecular formula is C15H26ClNO. The number of nitrogens with zero attached hydrogens (tertiary/aromatic N) is 1. The van der Waals surface area contributed by atoms with Crippen molar-refractivity contribution in [1.82, 2.24) is 0 Å². The zero-order valence-corrected chi connectivity index (χ0v) is 12.0. The van der Waals surface area contributed by atoms with Crippen LogP contribution in [0.25, 0.3) is 0 Å². The van der Waals surface area contributed by atoms with E-state index in [0.29, 0.717) is 6.61 Å². The molecule has 0 aromatic carbocycles. The van der Waals surface area contributed by atoms with Gasteiger partial charge in [-0.3, -0.25) is 0 Å². The quantitative estimate of drug-likeness (QED) is 0.473. The molecular weight excluding hydrogens is 246 g/mol. The van der Waals surface area contributed by atoms with Gasteiger partial charge in [-0.05, 0) is 12.8 Å². The Bertz CT molecular complexity index is 266. The monoisotopic (exact) mass is 271 g/mol. The minimum atomic E-state index is 0.